The molecule has 6 nitrogen and oxygen atoms in total. The van der Waals surface area contributed by atoms with E-state index in [4.69, 9.17) is 11.5 Å². The predicted octanol–water partition coefficient (Wildman–Crippen LogP) is 1.07. The van der Waals surface area contributed by atoms with Crippen LogP contribution in [-0.4, -0.2) is 22.0 Å². The first-order valence-electron chi connectivity index (χ1n) is 6.06. The summed E-state index contributed by atoms with van der Waals surface area (Å²) in [6.07, 6.45) is 6.31. The monoisotopic (exact) mass is 259 g/mol. The third-order valence-electron chi connectivity index (χ3n) is 2.82. The molecular formula is C13H17N5O. The number of carbonyl (C=O) groups is 1. The molecule has 0 radical (unpaired) electrons. The molecular weight excluding hydrogens is 242 g/mol. The van der Waals surface area contributed by atoms with Crippen molar-refractivity contribution in [1.29, 1.82) is 0 Å². The maximum absolute atomic E-state index is 11.3. The number of nitrogen functional groups attached to an aromatic ring is 1. The van der Waals surface area contributed by atoms with E-state index in [-0.39, 0.29) is 0 Å². The average Bonchev–Trinajstić information content (AvgIpc) is 2.88. The van der Waals surface area contributed by atoms with Crippen LogP contribution in [0.25, 0.3) is 0 Å². The molecule has 1 aromatic carbocycles. The molecule has 2 rings (SSSR count). The number of benzene rings is 1. The minimum atomic E-state index is -0.482. The van der Waals surface area contributed by atoms with Crippen molar-refractivity contribution >= 4 is 17.3 Å². The summed E-state index contributed by atoms with van der Waals surface area (Å²) in [5.41, 5.74) is 12.7. The Kier molecular flexibility index (Phi) is 4.02. The van der Waals surface area contributed by atoms with Crippen LogP contribution >= 0.6 is 0 Å². The van der Waals surface area contributed by atoms with Gasteiger partial charge in [0.1, 0.15) is 0 Å². The first kappa shape index (κ1) is 12.9. The molecule has 19 heavy (non-hydrogen) atoms. The number of hydrogen-bond donors (Lipinski definition) is 3. The van der Waals surface area contributed by atoms with Crippen molar-refractivity contribution in [2.45, 2.75) is 13.0 Å². The molecule has 0 spiro atoms. The van der Waals surface area contributed by atoms with Crippen LogP contribution in [0.2, 0.25) is 0 Å². The van der Waals surface area contributed by atoms with Crippen LogP contribution in [0.15, 0.2) is 36.9 Å². The first-order chi connectivity index (χ1) is 9.18. The number of nitrogens with one attached hydrogen (secondary N) is 1. The maximum atomic E-state index is 11.3. The molecule has 1 amide bonds. The summed E-state index contributed by atoms with van der Waals surface area (Å²) in [6, 6.07) is 5.12. The standard InChI is InChI=1S/C13H17N5O/c14-11-4-1-3-10(13(15)19)12(11)17-5-2-7-18-8-6-16-9-18/h1,3-4,6,8-9,17H,2,5,7,14H2,(H2,15,19). The third-order valence-corrected chi connectivity index (χ3v) is 2.82. The van der Waals surface area contributed by atoms with Crippen LogP contribution < -0.4 is 16.8 Å². The van der Waals surface area contributed by atoms with E-state index in [9.17, 15) is 4.79 Å². The Balaban J connectivity index is 1.93. The highest BCUT2D eigenvalue weighted by atomic mass is 16.1. The molecule has 0 bridgehead atoms. The van der Waals surface area contributed by atoms with Crippen molar-refractivity contribution in [3.05, 3.63) is 42.5 Å². The summed E-state index contributed by atoms with van der Waals surface area (Å²) < 4.78 is 1.99. The maximum Gasteiger partial charge on any atom is 0.250 e. The molecule has 0 fully saturated rings. The van der Waals surface area contributed by atoms with Gasteiger partial charge in [0, 0.05) is 25.5 Å². The number of imidazole rings is 1. The Labute approximate surface area is 111 Å². The van der Waals surface area contributed by atoms with E-state index < -0.39 is 5.91 Å². The van der Waals surface area contributed by atoms with Gasteiger partial charge in [-0.25, -0.2) is 4.98 Å². The number of aryl methyl sites for hydroxylation is 1. The zero-order valence-electron chi connectivity index (χ0n) is 10.5. The van der Waals surface area contributed by atoms with Gasteiger partial charge in [0.05, 0.1) is 23.3 Å². The molecule has 1 aromatic heterocycles. The van der Waals surface area contributed by atoms with Crippen LogP contribution in [0.3, 0.4) is 0 Å². The molecule has 100 valence electrons. The summed E-state index contributed by atoms with van der Waals surface area (Å²) in [4.78, 5) is 15.3. The number of anilines is 2. The molecule has 0 aliphatic carbocycles. The first-order valence-corrected chi connectivity index (χ1v) is 6.06. The lowest BCUT2D eigenvalue weighted by Gasteiger charge is -2.12. The van der Waals surface area contributed by atoms with Crippen LogP contribution in [0, 0.1) is 0 Å². The number of primary amides is 1. The van der Waals surface area contributed by atoms with Gasteiger partial charge in [-0.15, -0.1) is 0 Å². The van der Waals surface area contributed by atoms with Gasteiger partial charge in [-0.1, -0.05) is 6.07 Å². The van der Waals surface area contributed by atoms with E-state index >= 15 is 0 Å². The molecule has 0 atom stereocenters. The Morgan fingerprint density at radius 2 is 2.26 bits per heavy atom. The largest absolute Gasteiger partial charge is 0.397 e. The molecule has 5 N–H and O–H groups in total. The van der Waals surface area contributed by atoms with Crippen molar-refractivity contribution < 1.29 is 4.79 Å². The lowest BCUT2D eigenvalue weighted by atomic mass is 10.1. The molecule has 0 aliphatic heterocycles. The van der Waals surface area contributed by atoms with Gasteiger partial charge < -0.3 is 21.4 Å². The topological polar surface area (TPSA) is 99.0 Å². The van der Waals surface area contributed by atoms with E-state index in [1.807, 2.05) is 10.8 Å². The number of carbonyl (C=O) groups excluding carboxylic acids is 1. The summed E-state index contributed by atoms with van der Waals surface area (Å²) in [5, 5.41) is 3.17. The Bertz CT molecular complexity index is 550. The van der Waals surface area contributed by atoms with Gasteiger partial charge in [0.25, 0.3) is 5.91 Å². The summed E-state index contributed by atoms with van der Waals surface area (Å²) in [7, 11) is 0. The molecule has 2 aromatic rings. The minimum absolute atomic E-state index is 0.419. The molecule has 6 heteroatoms. The number of amides is 1. The molecule has 0 saturated carbocycles. The number of nitrogens with two attached hydrogens (primary N) is 2. The molecule has 0 unspecified atom stereocenters. The Morgan fingerprint density at radius 3 is 2.95 bits per heavy atom. The van der Waals surface area contributed by atoms with Crippen molar-refractivity contribution in [1.82, 2.24) is 9.55 Å². The summed E-state index contributed by atoms with van der Waals surface area (Å²) in [6.45, 7) is 1.55. The van der Waals surface area contributed by atoms with Crippen LogP contribution in [-0.2, 0) is 6.54 Å². The number of nitrogens with zero attached hydrogens (tertiary/aromatic N) is 2. The van der Waals surface area contributed by atoms with E-state index in [2.05, 4.69) is 10.3 Å². The Hall–Kier alpha value is -2.50. The lowest BCUT2D eigenvalue weighted by molar-refractivity contribution is 0.100. The molecule has 0 aliphatic rings. The van der Waals surface area contributed by atoms with Crippen molar-refractivity contribution in [3.63, 3.8) is 0 Å². The van der Waals surface area contributed by atoms with Gasteiger partial charge in [-0.05, 0) is 18.6 Å². The zero-order valence-corrected chi connectivity index (χ0v) is 10.5. The van der Waals surface area contributed by atoms with Gasteiger partial charge in [-0.2, -0.15) is 0 Å². The van der Waals surface area contributed by atoms with Crippen LogP contribution in [0.4, 0.5) is 11.4 Å². The zero-order chi connectivity index (χ0) is 13.7. The fraction of sp³-hybridized carbons (Fsp3) is 0.231. The van der Waals surface area contributed by atoms with Gasteiger partial charge in [-0.3, -0.25) is 4.79 Å². The van der Waals surface area contributed by atoms with Gasteiger partial charge >= 0.3 is 0 Å². The van der Waals surface area contributed by atoms with Gasteiger partial charge in [0.2, 0.25) is 0 Å². The number of aromatic nitrogens is 2. The number of hydrogen-bond acceptors (Lipinski definition) is 4. The molecule has 1 heterocycles. The summed E-state index contributed by atoms with van der Waals surface area (Å²) in [5.74, 6) is -0.482. The second-order valence-electron chi connectivity index (χ2n) is 4.21. The van der Waals surface area contributed by atoms with Crippen molar-refractivity contribution in [2.75, 3.05) is 17.6 Å². The number of rotatable bonds is 6. The van der Waals surface area contributed by atoms with Crippen molar-refractivity contribution in [2.24, 2.45) is 5.73 Å². The predicted molar refractivity (Wildman–Crippen MR) is 74.7 cm³/mol. The van der Waals surface area contributed by atoms with E-state index in [0.29, 0.717) is 23.5 Å². The van der Waals surface area contributed by atoms with E-state index in [1.165, 1.54) is 0 Å². The smallest absolute Gasteiger partial charge is 0.250 e. The highest BCUT2D eigenvalue weighted by Gasteiger charge is 2.09. The second kappa shape index (κ2) is 5.90. The lowest BCUT2D eigenvalue weighted by Crippen LogP contribution is -2.16. The van der Waals surface area contributed by atoms with Gasteiger partial charge in [0.15, 0.2) is 0 Å². The van der Waals surface area contributed by atoms with E-state index in [1.54, 1.807) is 30.7 Å². The highest BCUT2D eigenvalue weighted by Crippen LogP contribution is 2.22. The normalized spacial score (nSPS) is 10.3. The Morgan fingerprint density at radius 1 is 1.42 bits per heavy atom. The highest BCUT2D eigenvalue weighted by molar-refractivity contribution is 6.01. The van der Waals surface area contributed by atoms with E-state index in [0.717, 1.165) is 13.0 Å². The fourth-order valence-corrected chi connectivity index (χ4v) is 1.87. The fourth-order valence-electron chi connectivity index (χ4n) is 1.87. The quantitative estimate of drug-likeness (QED) is 0.533. The SMILES string of the molecule is NC(=O)c1cccc(N)c1NCCCn1ccnc1. The number of para-hydroxylation sites is 1. The third kappa shape index (κ3) is 3.25. The molecule has 0 saturated heterocycles. The minimum Gasteiger partial charge on any atom is -0.397 e. The second-order valence-corrected chi connectivity index (χ2v) is 4.21. The summed E-state index contributed by atoms with van der Waals surface area (Å²) >= 11 is 0. The average molecular weight is 259 g/mol. The van der Waals surface area contributed by atoms with Crippen LogP contribution in [0.1, 0.15) is 16.8 Å². The van der Waals surface area contributed by atoms with Crippen molar-refractivity contribution in [3.8, 4) is 0 Å². The van der Waals surface area contributed by atoms with Crippen LogP contribution in [0.5, 0.6) is 0 Å².